The summed E-state index contributed by atoms with van der Waals surface area (Å²) in [5, 5.41) is 8.47. The van der Waals surface area contributed by atoms with Crippen molar-refractivity contribution >= 4 is 30.1 Å². The molecule has 0 atom stereocenters. The van der Waals surface area contributed by atoms with E-state index in [0.29, 0.717) is 0 Å². The maximum Gasteiger partial charge on any atom is 0.480 e. The molecule has 1 rings (SSSR count). The van der Waals surface area contributed by atoms with Crippen LogP contribution >= 0.6 is 0 Å². The zero-order valence-electron chi connectivity index (χ0n) is 12.4. The van der Waals surface area contributed by atoms with Crippen LogP contribution in [-0.2, 0) is 30.1 Å². The molecule has 18 heteroatoms. The Morgan fingerprint density at radius 3 is 1.73 bits per heavy atom. The molecular formula is C8H10F5N4O6S3-. The molecule has 0 aromatic carbocycles. The number of rotatable bonds is 6. The highest BCUT2D eigenvalue weighted by molar-refractivity contribution is 8.18. The van der Waals surface area contributed by atoms with Crippen LogP contribution in [-0.4, -0.2) is 77.3 Å². The largest absolute Gasteiger partial charge is 0.480 e. The summed E-state index contributed by atoms with van der Waals surface area (Å²) in [6.45, 7) is -2.02. The van der Waals surface area contributed by atoms with E-state index in [1.54, 1.807) is 6.07 Å². The lowest BCUT2D eigenvalue weighted by atomic mass is 10.4. The van der Waals surface area contributed by atoms with Crippen LogP contribution < -0.4 is 0 Å². The van der Waals surface area contributed by atoms with Crippen LogP contribution in [0.4, 0.5) is 22.0 Å². The normalized spacial score (nSPS) is 19.2. The van der Waals surface area contributed by atoms with E-state index in [1.165, 1.54) is 4.90 Å². The van der Waals surface area contributed by atoms with Crippen molar-refractivity contribution in [1.82, 2.24) is 9.21 Å². The van der Waals surface area contributed by atoms with Crippen LogP contribution in [0.3, 0.4) is 0 Å². The van der Waals surface area contributed by atoms with Gasteiger partial charge in [0.25, 0.3) is 10.0 Å². The van der Waals surface area contributed by atoms with Crippen molar-refractivity contribution in [2.24, 2.45) is 0 Å². The van der Waals surface area contributed by atoms with Gasteiger partial charge in [-0.1, -0.05) is 0 Å². The van der Waals surface area contributed by atoms with Gasteiger partial charge in [-0.15, -0.1) is 0 Å². The van der Waals surface area contributed by atoms with E-state index in [9.17, 15) is 47.2 Å². The third kappa shape index (κ3) is 4.23. The minimum absolute atomic E-state index is 0.0336. The molecule has 0 aliphatic carbocycles. The minimum Gasteiger partial charge on any atom is -0.422 e. The van der Waals surface area contributed by atoms with E-state index < -0.39 is 53.3 Å². The molecule has 0 aromatic rings. The number of halogens is 5. The molecule has 1 aliphatic heterocycles. The Morgan fingerprint density at radius 1 is 0.885 bits per heavy atom. The second-order valence-electron chi connectivity index (χ2n) is 4.77. The van der Waals surface area contributed by atoms with Crippen molar-refractivity contribution in [2.45, 2.75) is 10.1 Å². The zero-order chi connectivity index (χ0) is 20.6. The molecule has 0 radical (unpaired) electrons. The molecule has 0 N–H and O–H groups in total. The van der Waals surface area contributed by atoms with E-state index in [0.717, 1.165) is 4.13 Å². The van der Waals surface area contributed by atoms with Gasteiger partial charge in [-0.2, -0.15) is 31.5 Å². The first-order valence-corrected chi connectivity index (χ1v) is 10.6. The van der Waals surface area contributed by atoms with Gasteiger partial charge < -0.3 is 4.13 Å². The van der Waals surface area contributed by atoms with Gasteiger partial charge in [0.05, 0.1) is 12.6 Å². The molecular weight excluding hydrogens is 439 g/mol. The summed E-state index contributed by atoms with van der Waals surface area (Å²) in [6, 6.07) is 1.71. The number of hydrogen-bond donors (Lipinski definition) is 0. The van der Waals surface area contributed by atoms with Crippen molar-refractivity contribution in [3.8, 4) is 6.07 Å². The average molecular weight is 449 g/mol. The Morgan fingerprint density at radius 2 is 1.35 bits per heavy atom. The first-order valence-electron chi connectivity index (χ1n) is 6.26. The summed E-state index contributed by atoms with van der Waals surface area (Å²) in [6.07, 6.45) is 0. The van der Waals surface area contributed by atoms with Crippen molar-refractivity contribution in [2.75, 3.05) is 32.7 Å². The van der Waals surface area contributed by atoms with Gasteiger partial charge in [0.1, 0.15) is 0 Å². The van der Waals surface area contributed by atoms with E-state index in [4.69, 9.17) is 5.26 Å². The molecule has 0 saturated carbocycles. The number of piperazine rings is 1. The summed E-state index contributed by atoms with van der Waals surface area (Å²) < 4.78 is 127. The maximum absolute atomic E-state index is 13.9. The van der Waals surface area contributed by atoms with Crippen LogP contribution in [0, 0.1) is 11.3 Å². The molecule has 1 fully saturated rings. The number of hydrogen-bond acceptors (Lipinski definition) is 8. The molecule has 0 amide bonds. The Labute approximate surface area is 145 Å². The Kier molecular flexibility index (Phi) is 6.28. The first kappa shape index (κ1) is 22.9. The summed E-state index contributed by atoms with van der Waals surface area (Å²) in [5.41, 5.74) is -6.32. The van der Waals surface area contributed by atoms with Gasteiger partial charge in [-0.25, -0.2) is 25.3 Å². The van der Waals surface area contributed by atoms with Crippen molar-refractivity contribution in [1.29, 1.82) is 5.26 Å². The van der Waals surface area contributed by atoms with Crippen molar-refractivity contribution in [3.63, 3.8) is 0 Å². The molecule has 0 aromatic heterocycles. The summed E-state index contributed by atoms with van der Waals surface area (Å²) in [7, 11) is -20.0. The highest BCUT2D eigenvalue weighted by Gasteiger charge is 2.58. The zero-order valence-corrected chi connectivity index (χ0v) is 14.8. The highest BCUT2D eigenvalue weighted by atomic mass is 32.3. The quantitative estimate of drug-likeness (QED) is 0.392. The summed E-state index contributed by atoms with van der Waals surface area (Å²) in [4.78, 5) is 1.34. The average Bonchev–Trinajstić information content (AvgIpc) is 2.45. The van der Waals surface area contributed by atoms with Gasteiger partial charge in [0.15, 0.2) is 20.0 Å². The van der Waals surface area contributed by atoms with Crippen LogP contribution in [0.1, 0.15) is 0 Å². The topological polar surface area (TPSA) is 147 Å². The minimum atomic E-state index is -6.94. The highest BCUT2D eigenvalue weighted by Crippen LogP contribution is 2.40. The standard InChI is InChI=1S/C8H10F5N4O6S3/c9-7(10,11)24(18,19)15-25(20,21)8(12,13)26(22,23)17-5-3-16(2-1-14)4-6-17/h2-6H2/q-1. The number of nitriles is 1. The third-order valence-electron chi connectivity index (χ3n) is 3.05. The molecule has 26 heavy (non-hydrogen) atoms. The SMILES string of the molecule is N#CCN1CCN(S(=O)(=O)C(F)(F)S(=O)(=O)[N-]S(=O)(=O)C(F)(F)F)CC1. The van der Waals surface area contributed by atoms with E-state index >= 15 is 0 Å². The van der Waals surface area contributed by atoms with Crippen molar-refractivity contribution in [3.05, 3.63) is 4.13 Å². The van der Waals surface area contributed by atoms with E-state index in [-0.39, 0.29) is 23.9 Å². The predicted molar refractivity (Wildman–Crippen MR) is 74.7 cm³/mol. The van der Waals surface area contributed by atoms with Crippen LogP contribution in [0.25, 0.3) is 4.13 Å². The molecule has 1 heterocycles. The molecule has 0 bridgehead atoms. The molecule has 0 spiro atoms. The fourth-order valence-corrected chi connectivity index (χ4v) is 6.04. The summed E-state index contributed by atoms with van der Waals surface area (Å²) >= 11 is 0. The maximum atomic E-state index is 13.9. The second-order valence-corrected chi connectivity index (χ2v) is 10.5. The lowest BCUT2D eigenvalue weighted by molar-refractivity contribution is -0.0425. The Bertz CT molecular complexity index is 884. The lowest BCUT2D eigenvalue weighted by Crippen LogP contribution is -2.54. The van der Waals surface area contributed by atoms with Crippen LogP contribution in [0.15, 0.2) is 0 Å². The van der Waals surface area contributed by atoms with E-state index in [2.05, 4.69) is 0 Å². The first-order chi connectivity index (χ1) is 11.5. The fraction of sp³-hybridized carbons (Fsp3) is 0.875. The molecule has 0 unspecified atom stereocenters. The van der Waals surface area contributed by atoms with Gasteiger partial charge in [-0.3, -0.25) is 4.90 Å². The summed E-state index contributed by atoms with van der Waals surface area (Å²) in [5.74, 6) is 0. The molecule has 1 aliphatic rings. The number of sulfonamides is 3. The monoisotopic (exact) mass is 449 g/mol. The molecule has 10 nitrogen and oxygen atoms in total. The predicted octanol–water partition coefficient (Wildman–Crippen LogP) is -0.439. The van der Waals surface area contributed by atoms with E-state index in [1.807, 2.05) is 0 Å². The number of alkyl halides is 5. The van der Waals surface area contributed by atoms with Crippen molar-refractivity contribution < 1.29 is 47.2 Å². The second kappa shape index (κ2) is 7.12. The van der Waals surface area contributed by atoms with Crippen LogP contribution in [0.2, 0.25) is 0 Å². The van der Waals surface area contributed by atoms with Gasteiger partial charge in [-0.05, 0) is 0 Å². The molecule has 1 saturated heterocycles. The van der Waals surface area contributed by atoms with Gasteiger partial charge in [0, 0.05) is 26.2 Å². The van der Waals surface area contributed by atoms with Gasteiger partial charge in [0.2, 0.25) is 0 Å². The fourth-order valence-electron chi connectivity index (χ4n) is 1.73. The van der Waals surface area contributed by atoms with Crippen LogP contribution in [0.5, 0.6) is 0 Å². The Hall–Kier alpha value is -1.13. The van der Waals surface area contributed by atoms with Gasteiger partial charge >= 0.3 is 10.1 Å². The lowest BCUT2D eigenvalue weighted by Gasteiger charge is -2.35. The third-order valence-corrected chi connectivity index (χ3v) is 8.72. The molecule has 152 valence electrons. The number of nitrogens with zero attached hydrogens (tertiary/aromatic N) is 4. The smallest absolute Gasteiger partial charge is 0.422 e. The Balaban J connectivity index is 3.14.